The topological polar surface area (TPSA) is 310 Å². The van der Waals surface area contributed by atoms with Crippen molar-refractivity contribution in [2.45, 2.75) is 107 Å². The fourth-order valence-corrected chi connectivity index (χ4v) is 7.31. The van der Waals surface area contributed by atoms with Crippen LogP contribution in [0.4, 0.5) is 0 Å². The number of nitrogens with zero attached hydrogens (tertiary/aromatic N) is 2. The Hall–Kier alpha value is -4.95. The minimum Gasteiger partial charge on any atom is -0.508 e. The van der Waals surface area contributed by atoms with Gasteiger partial charge in [0.25, 0.3) is 0 Å². The molecule has 2 fully saturated rings. The lowest BCUT2D eigenvalue weighted by Gasteiger charge is -2.30. The lowest BCUT2D eigenvalue weighted by molar-refractivity contribution is -0.143. The highest BCUT2D eigenvalue weighted by atomic mass is 32.2. The Bertz CT molecular complexity index is 1580. The molecule has 6 unspecified atom stereocenters. The number of carboxylic acids is 1. The third-order valence-electron chi connectivity index (χ3n) is 9.93. The number of hydrogen-bond acceptors (Lipinski definition) is 12. The van der Waals surface area contributed by atoms with Crippen LogP contribution in [0.5, 0.6) is 5.75 Å². The molecule has 0 aliphatic carbocycles. The first-order chi connectivity index (χ1) is 27.2. The first-order valence-corrected chi connectivity index (χ1v) is 20.6. The average molecular weight is 820 g/mol. The van der Waals surface area contributed by atoms with Gasteiger partial charge in [0, 0.05) is 25.9 Å². The van der Waals surface area contributed by atoms with Gasteiger partial charge in [-0.2, -0.15) is 11.8 Å². The molecule has 0 aromatic heterocycles. The standard InChI is InChI=1S/C37H57N9O10S/c1-57-19-15-25(32(50)44-27(37(55)56)20-22-9-11-23(47)12-10-22)43-34(52)29-8-5-18-46(29)36(54)26(13-14-30(40)48)42-31(49)21-41-33(51)28-7-4-17-45(28)35(53)24(39)6-2-3-16-38/h9-12,24-29,47H,2-8,13-21,38-39H2,1H3,(H2,40,48)(H,41,51)(H,42,49)(H,43,52)(H,44,50)(H,55,56). The Balaban J connectivity index is 1.65. The molecule has 7 amide bonds. The van der Waals surface area contributed by atoms with Crippen LogP contribution in [0.2, 0.25) is 0 Å². The number of unbranched alkanes of at least 4 members (excludes halogenated alkanes) is 1. The monoisotopic (exact) mass is 819 g/mol. The molecular weight excluding hydrogens is 763 g/mol. The van der Waals surface area contributed by atoms with Gasteiger partial charge in [-0.1, -0.05) is 18.6 Å². The molecule has 2 heterocycles. The Morgan fingerprint density at radius 1 is 0.825 bits per heavy atom. The second kappa shape index (κ2) is 23.3. The number of rotatable bonds is 23. The number of hydrogen-bond donors (Lipinski definition) is 9. The minimum atomic E-state index is -1.34. The number of carbonyl (C=O) groups excluding carboxylic acids is 7. The highest BCUT2D eigenvalue weighted by Crippen LogP contribution is 2.22. The molecule has 2 aliphatic heterocycles. The van der Waals surface area contributed by atoms with Crippen LogP contribution >= 0.6 is 11.8 Å². The number of carbonyl (C=O) groups is 8. The molecule has 12 N–H and O–H groups in total. The zero-order valence-electron chi connectivity index (χ0n) is 32.3. The fourth-order valence-electron chi connectivity index (χ4n) is 6.84. The van der Waals surface area contributed by atoms with Crippen molar-refractivity contribution < 1.29 is 48.6 Å². The van der Waals surface area contributed by atoms with Crippen molar-refractivity contribution in [2.75, 3.05) is 38.2 Å². The summed E-state index contributed by atoms with van der Waals surface area (Å²) in [6, 6.07) is -0.573. The number of phenols is 1. The van der Waals surface area contributed by atoms with Crippen molar-refractivity contribution in [1.82, 2.24) is 31.1 Å². The van der Waals surface area contributed by atoms with Gasteiger partial charge >= 0.3 is 5.97 Å². The molecule has 1 aromatic carbocycles. The largest absolute Gasteiger partial charge is 0.508 e. The maximum Gasteiger partial charge on any atom is 0.326 e. The van der Waals surface area contributed by atoms with Crippen LogP contribution in [0.25, 0.3) is 0 Å². The van der Waals surface area contributed by atoms with Gasteiger partial charge in [0.2, 0.25) is 41.4 Å². The summed E-state index contributed by atoms with van der Waals surface area (Å²) in [6.45, 7) is 0.407. The molecule has 2 saturated heterocycles. The summed E-state index contributed by atoms with van der Waals surface area (Å²) in [5.41, 5.74) is 17.5. The second-order valence-electron chi connectivity index (χ2n) is 14.2. The summed E-state index contributed by atoms with van der Waals surface area (Å²) >= 11 is 1.41. The van der Waals surface area contributed by atoms with E-state index in [2.05, 4.69) is 21.3 Å². The van der Waals surface area contributed by atoms with E-state index in [-0.39, 0.29) is 50.3 Å². The third kappa shape index (κ3) is 14.5. The van der Waals surface area contributed by atoms with Gasteiger partial charge in [0.05, 0.1) is 12.6 Å². The summed E-state index contributed by atoms with van der Waals surface area (Å²) in [7, 11) is 0. The molecule has 316 valence electrons. The number of nitrogens with one attached hydrogen (secondary N) is 4. The van der Waals surface area contributed by atoms with E-state index in [0.717, 1.165) is 0 Å². The van der Waals surface area contributed by atoms with Crippen LogP contribution in [0, 0.1) is 0 Å². The van der Waals surface area contributed by atoms with E-state index in [1.165, 1.54) is 45.8 Å². The number of carboxylic acid groups (broad SMARTS) is 1. The van der Waals surface area contributed by atoms with Gasteiger partial charge < -0.3 is 58.5 Å². The Labute approximate surface area is 335 Å². The van der Waals surface area contributed by atoms with E-state index in [1.807, 2.05) is 0 Å². The molecule has 19 nitrogen and oxygen atoms in total. The van der Waals surface area contributed by atoms with Crippen LogP contribution < -0.4 is 38.5 Å². The molecule has 0 radical (unpaired) electrons. The number of benzene rings is 1. The number of nitrogens with two attached hydrogens (primary N) is 3. The molecule has 0 spiro atoms. The Morgan fingerprint density at radius 3 is 2.05 bits per heavy atom. The van der Waals surface area contributed by atoms with E-state index in [1.54, 1.807) is 6.26 Å². The van der Waals surface area contributed by atoms with Crippen LogP contribution in [0.1, 0.15) is 69.8 Å². The van der Waals surface area contributed by atoms with Crippen LogP contribution in [-0.4, -0.2) is 142 Å². The summed E-state index contributed by atoms with van der Waals surface area (Å²) < 4.78 is 0. The van der Waals surface area contributed by atoms with Gasteiger partial charge in [-0.15, -0.1) is 0 Å². The van der Waals surface area contributed by atoms with Crippen molar-refractivity contribution in [3.8, 4) is 5.75 Å². The van der Waals surface area contributed by atoms with Crippen molar-refractivity contribution in [3.63, 3.8) is 0 Å². The van der Waals surface area contributed by atoms with E-state index < -0.39 is 84.2 Å². The maximum absolute atomic E-state index is 13.9. The molecule has 57 heavy (non-hydrogen) atoms. The number of aromatic hydroxyl groups is 1. The first kappa shape index (κ1) is 46.4. The number of amides is 7. The molecule has 1 aromatic rings. The average Bonchev–Trinajstić information content (AvgIpc) is 3.88. The smallest absolute Gasteiger partial charge is 0.326 e. The Kier molecular flexibility index (Phi) is 19.0. The van der Waals surface area contributed by atoms with E-state index in [9.17, 15) is 48.6 Å². The van der Waals surface area contributed by atoms with Crippen molar-refractivity contribution in [2.24, 2.45) is 17.2 Å². The first-order valence-electron chi connectivity index (χ1n) is 19.2. The van der Waals surface area contributed by atoms with E-state index in [0.29, 0.717) is 62.9 Å². The van der Waals surface area contributed by atoms with E-state index >= 15 is 0 Å². The molecule has 6 atom stereocenters. The molecule has 3 rings (SSSR count). The molecule has 20 heteroatoms. The maximum atomic E-state index is 13.9. The van der Waals surface area contributed by atoms with Gasteiger partial charge in [0.15, 0.2) is 0 Å². The van der Waals surface area contributed by atoms with Gasteiger partial charge in [0.1, 0.15) is 36.0 Å². The summed E-state index contributed by atoms with van der Waals surface area (Å²) in [5.74, 6) is -5.33. The van der Waals surface area contributed by atoms with Crippen LogP contribution in [0.3, 0.4) is 0 Å². The summed E-state index contributed by atoms with van der Waals surface area (Å²) in [6.07, 6.45) is 4.82. The summed E-state index contributed by atoms with van der Waals surface area (Å²) in [4.78, 5) is 107. The predicted octanol–water partition coefficient (Wildman–Crippen LogP) is -1.95. The molecule has 0 bridgehead atoms. The molecule has 0 saturated carbocycles. The van der Waals surface area contributed by atoms with Crippen molar-refractivity contribution in [1.29, 1.82) is 0 Å². The fraction of sp³-hybridized carbons (Fsp3) is 0.622. The lowest BCUT2D eigenvalue weighted by atomic mass is 10.0. The zero-order chi connectivity index (χ0) is 42.1. The third-order valence-corrected chi connectivity index (χ3v) is 10.6. The zero-order valence-corrected chi connectivity index (χ0v) is 33.1. The van der Waals surface area contributed by atoms with Crippen LogP contribution in [0.15, 0.2) is 24.3 Å². The van der Waals surface area contributed by atoms with Crippen molar-refractivity contribution >= 4 is 59.1 Å². The molecule has 2 aliphatic rings. The van der Waals surface area contributed by atoms with Gasteiger partial charge in [-0.05, 0) is 87.6 Å². The van der Waals surface area contributed by atoms with Crippen LogP contribution in [-0.2, 0) is 44.8 Å². The van der Waals surface area contributed by atoms with E-state index in [4.69, 9.17) is 17.2 Å². The Morgan fingerprint density at radius 2 is 1.46 bits per heavy atom. The number of thioether (sulfide) groups is 1. The number of phenolic OH excluding ortho intramolecular Hbond substituents is 1. The minimum absolute atomic E-state index is 0.00271. The van der Waals surface area contributed by atoms with Gasteiger partial charge in [-0.3, -0.25) is 33.6 Å². The lowest BCUT2D eigenvalue weighted by Crippen LogP contribution is -2.58. The number of primary amides is 1. The van der Waals surface area contributed by atoms with Gasteiger partial charge in [-0.25, -0.2) is 4.79 Å². The predicted molar refractivity (Wildman–Crippen MR) is 210 cm³/mol. The quantitative estimate of drug-likeness (QED) is 0.0543. The van der Waals surface area contributed by atoms with Crippen molar-refractivity contribution in [3.05, 3.63) is 29.8 Å². The summed E-state index contributed by atoms with van der Waals surface area (Å²) in [5, 5.41) is 29.6. The second-order valence-corrected chi connectivity index (χ2v) is 15.2. The normalized spacial score (nSPS) is 18.5. The molecular formula is C37H57N9O10S. The number of aliphatic carboxylic acids is 1. The number of likely N-dealkylation sites (tertiary alicyclic amines) is 2. The SMILES string of the molecule is CSCCC(NC(=O)C1CCCN1C(=O)C(CCC(N)=O)NC(=O)CNC(=O)C1CCCN1C(=O)C(N)CCCCN)C(=O)NC(Cc1ccc(O)cc1)C(=O)O. The highest BCUT2D eigenvalue weighted by Gasteiger charge is 2.40. The highest BCUT2D eigenvalue weighted by molar-refractivity contribution is 7.98.